The van der Waals surface area contributed by atoms with Crippen LogP contribution in [0.2, 0.25) is 0 Å². The minimum Gasteiger partial charge on any atom is -0.368 e. The van der Waals surface area contributed by atoms with Crippen LogP contribution in [0.3, 0.4) is 0 Å². The highest BCUT2D eigenvalue weighted by Gasteiger charge is 2.31. The van der Waals surface area contributed by atoms with E-state index in [1.807, 2.05) is 42.1 Å². The number of aryl methyl sites for hydroxylation is 1. The zero-order valence-electron chi connectivity index (χ0n) is 15.3. The molecule has 7 nitrogen and oxygen atoms in total. The first-order chi connectivity index (χ1) is 12.6. The lowest BCUT2D eigenvalue weighted by Gasteiger charge is -2.32. The van der Waals surface area contributed by atoms with Crippen LogP contribution >= 0.6 is 0 Å². The Bertz CT molecular complexity index is 802. The fraction of sp³-hybridized carbons (Fsp3) is 0.526. The molecule has 1 amide bonds. The highest BCUT2D eigenvalue weighted by atomic mass is 16.5. The first-order valence-corrected chi connectivity index (χ1v) is 9.16. The minimum absolute atomic E-state index is 0.0611. The van der Waals surface area contributed by atoms with Crippen molar-refractivity contribution in [2.24, 2.45) is 0 Å². The highest BCUT2D eigenvalue weighted by Crippen LogP contribution is 2.27. The number of ether oxygens (including phenoxy) is 1. The Balaban J connectivity index is 1.52. The number of hydrogen-bond donors (Lipinski definition) is 0. The third-order valence-electron chi connectivity index (χ3n) is 5.05. The van der Waals surface area contributed by atoms with Crippen LogP contribution in [0.5, 0.6) is 0 Å². The van der Waals surface area contributed by atoms with Gasteiger partial charge >= 0.3 is 0 Å². The molecule has 1 saturated heterocycles. The molecule has 3 heterocycles. The molecule has 0 spiro atoms. The normalized spacial score (nSPS) is 19.9. The molecular formula is C19H24N4O3. The SMILES string of the molecule is CN(C)c1cccc(C2CN(C(=O)c3noc4c3CCCC4)CCO2)n1. The number of fused-ring (bicyclic) bond motifs is 1. The van der Waals surface area contributed by atoms with Crippen LogP contribution in [0.4, 0.5) is 5.82 Å². The number of morpholine rings is 1. The molecule has 1 aliphatic heterocycles. The summed E-state index contributed by atoms with van der Waals surface area (Å²) in [6, 6.07) is 5.87. The van der Waals surface area contributed by atoms with Gasteiger partial charge in [-0.25, -0.2) is 4.98 Å². The van der Waals surface area contributed by atoms with Crippen molar-refractivity contribution in [1.82, 2.24) is 15.0 Å². The molecule has 1 unspecified atom stereocenters. The van der Waals surface area contributed by atoms with E-state index in [1.165, 1.54) is 0 Å². The van der Waals surface area contributed by atoms with E-state index < -0.39 is 0 Å². The Morgan fingerprint density at radius 2 is 2.12 bits per heavy atom. The first kappa shape index (κ1) is 17.0. The van der Waals surface area contributed by atoms with E-state index in [-0.39, 0.29) is 12.0 Å². The van der Waals surface area contributed by atoms with Crippen molar-refractivity contribution in [3.05, 3.63) is 40.9 Å². The predicted octanol–water partition coefficient (Wildman–Crippen LogP) is 2.23. The molecular weight excluding hydrogens is 332 g/mol. The summed E-state index contributed by atoms with van der Waals surface area (Å²) in [5, 5.41) is 4.08. The summed E-state index contributed by atoms with van der Waals surface area (Å²) < 4.78 is 11.3. The fourth-order valence-electron chi connectivity index (χ4n) is 3.58. The summed E-state index contributed by atoms with van der Waals surface area (Å²) in [5.74, 6) is 1.69. The van der Waals surface area contributed by atoms with Gasteiger partial charge < -0.3 is 19.1 Å². The Kier molecular flexibility index (Phi) is 4.63. The number of rotatable bonds is 3. The van der Waals surface area contributed by atoms with Crippen molar-refractivity contribution in [3.63, 3.8) is 0 Å². The average Bonchev–Trinajstić information content (AvgIpc) is 3.12. The lowest BCUT2D eigenvalue weighted by atomic mass is 9.96. The van der Waals surface area contributed by atoms with Gasteiger partial charge in [-0.2, -0.15) is 0 Å². The summed E-state index contributed by atoms with van der Waals surface area (Å²) in [7, 11) is 3.91. The maximum atomic E-state index is 13.0. The van der Waals surface area contributed by atoms with Gasteiger partial charge in [-0.05, 0) is 31.4 Å². The maximum Gasteiger partial charge on any atom is 0.276 e. The molecule has 7 heteroatoms. The van der Waals surface area contributed by atoms with Crippen molar-refractivity contribution in [3.8, 4) is 0 Å². The standard InChI is InChI=1S/C19H24N4O3/c1-22(2)17-9-5-7-14(20-17)16-12-23(10-11-25-16)19(24)18-13-6-3-4-8-15(13)26-21-18/h5,7,9,16H,3-4,6,8,10-12H2,1-2H3. The van der Waals surface area contributed by atoms with E-state index in [1.54, 1.807) is 0 Å². The Morgan fingerprint density at radius 1 is 1.27 bits per heavy atom. The number of amides is 1. The Labute approximate surface area is 152 Å². The van der Waals surface area contributed by atoms with Crippen molar-refractivity contribution >= 4 is 11.7 Å². The molecule has 1 fully saturated rings. The number of carbonyl (C=O) groups is 1. The monoisotopic (exact) mass is 356 g/mol. The number of pyridine rings is 1. The van der Waals surface area contributed by atoms with Crippen LogP contribution in [0.25, 0.3) is 0 Å². The van der Waals surface area contributed by atoms with E-state index in [0.717, 1.165) is 48.5 Å². The minimum atomic E-state index is -0.227. The fourth-order valence-corrected chi connectivity index (χ4v) is 3.58. The van der Waals surface area contributed by atoms with E-state index in [0.29, 0.717) is 25.4 Å². The van der Waals surface area contributed by atoms with E-state index in [9.17, 15) is 4.79 Å². The van der Waals surface area contributed by atoms with Crippen LogP contribution in [-0.4, -0.2) is 54.7 Å². The number of aromatic nitrogens is 2. The largest absolute Gasteiger partial charge is 0.368 e. The second-order valence-corrected chi connectivity index (χ2v) is 7.07. The lowest BCUT2D eigenvalue weighted by Crippen LogP contribution is -2.43. The molecule has 26 heavy (non-hydrogen) atoms. The van der Waals surface area contributed by atoms with Gasteiger partial charge in [0.05, 0.1) is 18.8 Å². The maximum absolute atomic E-state index is 13.0. The number of nitrogens with zero attached hydrogens (tertiary/aromatic N) is 4. The molecule has 2 aliphatic rings. The van der Waals surface area contributed by atoms with Crippen LogP contribution in [0.1, 0.15) is 46.5 Å². The van der Waals surface area contributed by atoms with Crippen molar-refractivity contribution in [2.75, 3.05) is 38.7 Å². The molecule has 0 N–H and O–H groups in total. The quantitative estimate of drug-likeness (QED) is 0.840. The van der Waals surface area contributed by atoms with E-state index in [2.05, 4.69) is 10.1 Å². The predicted molar refractivity (Wildman–Crippen MR) is 96.3 cm³/mol. The molecule has 1 atom stereocenters. The zero-order chi connectivity index (χ0) is 18.1. The molecule has 1 aliphatic carbocycles. The van der Waals surface area contributed by atoms with Gasteiger partial charge in [-0.1, -0.05) is 11.2 Å². The van der Waals surface area contributed by atoms with Gasteiger partial charge in [0.25, 0.3) is 5.91 Å². The molecule has 2 aromatic rings. The Hall–Kier alpha value is -2.41. The number of hydrogen-bond acceptors (Lipinski definition) is 6. The van der Waals surface area contributed by atoms with Crippen LogP contribution in [0.15, 0.2) is 22.7 Å². The third-order valence-corrected chi connectivity index (χ3v) is 5.05. The molecule has 0 radical (unpaired) electrons. The highest BCUT2D eigenvalue weighted by molar-refractivity contribution is 5.94. The second-order valence-electron chi connectivity index (χ2n) is 7.07. The van der Waals surface area contributed by atoms with Gasteiger partial charge in [0.2, 0.25) is 0 Å². The summed E-state index contributed by atoms with van der Waals surface area (Å²) in [4.78, 5) is 21.4. The molecule has 2 aromatic heterocycles. The average molecular weight is 356 g/mol. The summed E-state index contributed by atoms with van der Waals surface area (Å²) >= 11 is 0. The molecule has 0 aromatic carbocycles. The summed E-state index contributed by atoms with van der Waals surface area (Å²) in [6.45, 7) is 1.53. The lowest BCUT2D eigenvalue weighted by molar-refractivity contribution is -0.0250. The molecule has 4 rings (SSSR count). The molecule has 138 valence electrons. The topological polar surface area (TPSA) is 71.7 Å². The van der Waals surface area contributed by atoms with Gasteiger partial charge in [0.1, 0.15) is 17.7 Å². The van der Waals surface area contributed by atoms with Gasteiger partial charge in [0.15, 0.2) is 5.69 Å². The third kappa shape index (κ3) is 3.19. The summed E-state index contributed by atoms with van der Waals surface area (Å²) in [6.07, 6.45) is 3.71. The first-order valence-electron chi connectivity index (χ1n) is 9.16. The molecule has 0 bridgehead atoms. The van der Waals surface area contributed by atoms with Crippen LogP contribution in [0, 0.1) is 0 Å². The smallest absolute Gasteiger partial charge is 0.276 e. The number of anilines is 1. The van der Waals surface area contributed by atoms with Crippen LogP contribution < -0.4 is 4.90 Å². The van der Waals surface area contributed by atoms with Gasteiger partial charge in [-0.15, -0.1) is 0 Å². The van der Waals surface area contributed by atoms with Crippen molar-refractivity contribution in [2.45, 2.75) is 31.8 Å². The van der Waals surface area contributed by atoms with Crippen molar-refractivity contribution in [1.29, 1.82) is 0 Å². The number of carbonyl (C=O) groups excluding carboxylic acids is 1. The van der Waals surface area contributed by atoms with E-state index in [4.69, 9.17) is 9.26 Å². The van der Waals surface area contributed by atoms with Crippen molar-refractivity contribution < 1.29 is 14.1 Å². The second kappa shape index (κ2) is 7.07. The molecule has 0 saturated carbocycles. The van der Waals surface area contributed by atoms with Gasteiger partial charge in [-0.3, -0.25) is 4.79 Å². The van der Waals surface area contributed by atoms with E-state index >= 15 is 0 Å². The van der Waals surface area contributed by atoms with Gasteiger partial charge in [0, 0.05) is 32.6 Å². The zero-order valence-corrected chi connectivity index (χ0v) is 15.3. The van der Waals surface area contributed by atoms with Crippen LogP contribution in [-0.2, 0) is 17.6 Å². The summed E-state index contributed by atoms with van der Waals surface area (Å²) in [5.41, 5.74) is 2.32. The Morgan fingerprint density at radius 3 is 2.96 bits per heavy atom.